The second kappa shape index (κ2) is 7.04. The monoisotopic (exact) mass is 364 g/mol. The zero-order valence-corrected chi connectivity index (χ0v) is 16.9. The number of benzene rings is 2. The fraction of sp³-hybridized carbons (Fsp3) is 0.391. The standard InChI is InChI=1S/C23H28O2Si/c1-5-23(24)18-12-17-21(23)25-26(22(2,3)4,19-13-8-6-9-14-19)20-15-10-7-11-16-20/h1,6-11,13-16,21,24H,12,17-18H2,2-4H3. The molecule has 0 amide bonds. The van der Waals surface area contributed by atoms with Crippen molar-refractivity contribution in [1.29, 1.82) is 0 Å². The predicted octanol–water partition coefficient (Wildman–Crippen LogP) is 3.48. The van der Waals surface area contributed by atoms with E-state index in [2.05, 4.69) is 75.2 Å². The Labute approximate surface area is 158 Å². The molecule has 0 bridgehead atoms. The van der Waals surface area contributed by atoms with Crippen LogP contribution in [-0.2, 0) is 4.43 Å². The Balaban J connectivity index is 2.20. The van der Waals surface area contributed by atoms with Crippen LogP contribution in [0, 0.1) is 12.3 Å². The summed E-state index contributed by atoms with van der Waals surface area (Å²) in [5, 5.41) is 13.3. The molecule has 0 aromatic heterocycles. The molecule has 2 aromatic carbocycles. The van der Waals surface area contributed by atoms with Gasteiger partial charge in [0.2, 0.25) is 0 Å². The molecule has 2 aromatic rings. The highest BCUT2D eigenvalue weighted by Crippen LogP contribution is 2.41. The summed E-state index contributed by atoms with van der Waals surface area (Å²) in [5.41, 5.74) is -1.17. The van der Waals surface area contributed by atoms with Crippen LogP contribution in [0.15, 0.2) is 60.7 Å². The van der Waals surface area contributed by atoms with Crippen molar-refractivity contribution in [2.75, 3.05) is 0 Å². The maximum Gasteiger partial charge on any atom is 0.261 e. The lowest BCUT2D eigenvalue weighted by Crippen LogP contribution is -2.69. The lowest BCUT2D eigenvalue weighted by atomic mass is 10.0. The van der Waals surface area contributed by atoms with Crippen molar-refractivity contribution >= 4 is 18.7 Å². The molecule has 2 atom stereocenters. The van der Waals surface area contributed by atoms with E-state index in [1.165, 1.54) is 10.4 Å². The summed E-state index contributed by atoms with van der Waals surface area (Å²) < 4.78 is 6.99. The van der Waals surface area contributed by atoms with Crippen LogP contribution in [0.2, 0.25) is 5.04 Å². The van der Waals surface area contributed by atoms with E-state index in [9.17, 15) is 5.11 Å². The third kappa shape index (κ3) is 3.14. The van der Waals surface area contributed by atoms with Crippen LogP contribution in [0.5, 0.6) is 0 Å². The fourth-order valence-corrected chi connectivity index (χ4v) is 8.94. The molecule has 1 aliphatic rings. The van der Waals surface area contributed by atoms with Crippen LogP contribution in [0.4, 0.5) is 0 Å². The Kier molecular flexibility index (Phi) is 5.12. The summed E-state index contributed by atoms with van der Waals surface area (Å²) in [6, 6.07) is 21.0. The van der Waals surface area contributed by atoms with Crippen LogP contribution in [0.3, 0.4) is 0 Å². The Morgan fingerprint density at radius 3 is 1.96 bits per heavy atom. The molecule has 0 aliphatic heterocycles. The molecule has 1 fully saturated rings. The first kappa shape index (κ1) is 18.9. The van der Waals surface area contributed by atoms with Crippen molar-refractivity contribution in [3.63, 3.8) is 0 Å². The number of aliphatic hydroxyl groups is 1. The molecule has 0 heterocycles. The van der Waals surface area contributed by atoms with Gasteiger partial charge in [-0.25, -0.2) is 0 Å². The van der Waals surface area contributed by atoms with Gasteiger partial charge in [0.25, 0.3) is 8.32 Å². The predicted molar refractivity (Wildman–Crippen MR) is 110 cm³/mol. The minimum atomic E-state index is -2.67. The van der Waals surface area contributed by atoms with Crippen molar-refractivity contribution in [2.45, 2.75) is 56.8 Å². The summed E-state index contributed by atoms with van der Waals surface area (Å²) in [4.78, 5) is 0. The van der Waals surface area contributed by atoms with Gasteiger partial charge in [0.1, 0.15) is 5.60 Å². The molecule has 0 saturated heterocycles. The molecule has 2 unspecified atom stereocenters. The van der Waals surface area contributed by atoms with E-state index in [4.69, 9.17) is 10.8 Å². The van der Waals surface area contributed by atoms with E-state index in [0.29, 0.717) is 6.42 Å². The van der Waals surface area contributed by atoms with Gasteiger partial charge in [-0.1, -0.05) is 87.4 Å². The fourth-order valence-electron chi connectivity index (χ4n) is 4.18. The minimum absolute atomic E-state index is 0.117. The molecule has 1 saturated carbocycles. The average Bonchev–Trinajstić information content (AvgIpc) is 3.01. The Morgan fingerprint density at radius 1 is 1.04 bits per heavy atom. The summed E-state index contributed by atoms with van der Waals surface area (Å²) in [6.07, 6.45) is 7.66. The van der Waals surface area contributed by atoms with E-state index in [0.717, 1.165) is 12.8 Å². The van der Waals surface area contributed by atoms with Gasteiger partial charge >= 0.3 is 0 Å². The molecule has 136 valence electrons. The van der Waals surface area contributed by atoms with Gasteiger partial charge in [-0.05, 0) is 34.7 Å². The first-order chi connectivity index (χ1) is 12.3. The normalized spacial score (nSPS) is 23.6. The van der Waals surface area contributed by atoms with Gasteiger partial charge in [-0.2, -0.15) is 0 Å². The molecule has 3 heteroatoms. The van der Waals surface area contributed by atoms with Crippen LogP contribution < -0.4 is 10.4 Å². The lowest BCUT2D eigenvalue weighted by Gasteiger charge is -2.46. The molecular weight excluding hydrogens is 336 g/mol. The maximum absolute atomic E-state index is 10.9. The van der Waals surface area contributed by atoms with Gasteiger partial charge in [-0.15, -0.1) is 6.42 Å². The third-order valence-corrected chi connectivity index (χ3v) is 10.6. The number of rotatable bonds is 4. The largest absolute Gasteiger partial charge is 0.400 e. The molecular formula is C23H28O2Si. The van der Waals surface area contributed by atoms with Crippen LogP contribution >= 0.6 is 0 Å². The third-order valence-electron chi connectivity index (χ3n) is 5.54. The van der Waals surface area contributed by atoms with Crippen molar-refractivity contribution in [3.8, 4) is 12.3 Å². The van der Waals surface area contributed by atoms with Crippen molar-refractivity contribution in [2.24, 2.45) is 0 Å². The summed E-state index contributed by atoms with van der Waals surface area (Å²) in [6.45, 7) is 6.72. The van der Waals surface area contributed by atoms with Crippen molar-refractivity contribution < 1.29 is 9.53 Å². The second-order valence-electron chi connectivity index (χ2n) is 8.23. The van der Waals surface area contributed by atoms with Gasteiger partial charge in [0, 0.05) is 0 Å². The molecule has 1 aliphatic carbocycles. The van der Waals surface area contributed by atoms with E-state index < -0.39 is 13.9 Å². The van der Waals surface area contributed by atoms with Gasteiger partial charge in [-0.3, -0.25) is 0 Å². The first-order valence-electron chi connectivity index (χ1n) is 9.32. The topological polar surface area (TPSA) is 29.5 Å². The Morgan fingerprint density at radius 2 is 1.54 bits per heavy atom. The highest BCUT2D eigenvalue weighted by atomic mass is 28.4. The minimum Gasteiger partial charge on any atom is -0.400 e. The van der Waals surface area contributed by atoms with Crippen LogP contribution in [0.1, 0.15) is 40.0 Å². The van der Waals surface area contributed by atoms with Crippen molar-refractivity contribution in [3.05, 3.63) is 60.7 Å². The highest BCUT2D eigenvalue weighted by Gasteiger charge is 2.54. The quantitative estimate of drug-likeness (QED) is 0.665. The molecule has 0 spiro atoms. The summed E-state index contributed by atoms with van der Waals surface area (Å²) in [7, 11) is -2.67. The lowest BCUT2D eigenvalue weighted by molar-refractivity contribution is 0.00108. The molecule has 2 nitrogen and oxygen atoms in total. The highest BCUT2D eigenvalue weighted by molar-refractivity contribution is 6.99. The SMILES string of the molecule is C#CC1(O)CCCC1O[Si](c1ccccc1)(c1ccccc1)C(C)(C)C. The van der Waals surface area contributed by atoms with E-state index in [1.54, 1.807) is 0 Å². The number of terminal acetylenes is 1. The van der Waals surface area contributed by atoms with Gasteiger partial charge < -0.3 is 9.53 Å². The molecule has 3 rings (SSSR count). The number of hydrogen-bond acceptors (Lipinski definition) is 2. The number of hydrogen-bond donors (Lipinski definition) is 1. The average molecular weight is 365 g/mol. The van der Waals surface area contributed by atoms with Crippen LogP contribution in [0.25, 0.3) is 0 Å². The summed E-state index contributed by atoms with van der Waals surface area (Å²) in [5.74, 6) is 2.62. The van der Waals surface area contributed by atoms with Gasteiger partial charge in [0.05, 0.1) is 6.10 Å². The van der Waals surface area contributed by atoms with Gasteiger partial charge in [0.15, 0.2) is 0 Å². The first-order valence-corrected chi connectivity index (χ1v) is 11.2. The van der Waals surface area contributed by atoms with Crippen molar-refractivity contribution in [1.82, 2.24) is 0 Å². The molecule has 0 radical (unpaired) electrons. The zero-order chi connectivity index (χ0) is 18.8. The zero-order valence-electron chi connectivity index (χ0n) is 15.9. The Bertz CT molecular complexity index is 734. The molecule has 26 heavy (non-hydrogen) atoms. The van der Waals surface area contributed by atoms with E-state index >= 15 is 0 Å². The van der Waals surface area contributed by atoms with E-state index in [-0.39, 0.29) is 11.1 Å². The van der Waals surface area contributed by atoms with Crippen LogP contribution in [-0.4, -0.2) is 25.1 Å². The van der Waals surface area contributed by atoms with E-state index in [1.807, 2.05) is 12.1 Å². The molecule has 1 N–H and O–H groups in total. The second-order valence-corrected chi connectivity index (χ2v) is 12.5. The summed E-state index contributed by atoms with van der Waals surface area (Å²) >= 11 is 0. The smallest absolute Gasteiger partial charge is 0.261 e. The maximum atomic E-state index is 10.9. The Hall–Kier alpha value is -1.86.